The zero-order valence-corrected chi connectivity index (χ0v) is 6.79. The van der Waals surface area contributed by atoms with Crippen molar-refractivity contribution in [3.05, 3.63) is 0 Å². The van der Waals surface area contributed by atoms with Crippen molar-refractivity contribution in [3.63, 3.8) is 0 Å². The first-order valence-electron chi connectivity index (χ1n) is 5.06. The lowest BCUT2D eigenvalue weighted by Gasteiger charge is -2.26. The molecule has 0 amide bonds. The van der Waals surface area contributed by atoms with E-state index in [0.717, 1.165) is 0 Å². The highest BCUT2D eigenvalue weighted by molar-refractivity contribution is 5.64. The van der Waals surface area contributed by atoms with Crippen molar-refractivity contribution in [2.75, 3.05) is 27.6 Å². The van der Waals surface area contributed by atoms with Crippen molar-refractivity contribution in [1.29, 1.82) is 0 Å². The first-order valence-corrected chi connectivity index (χ1v) is 3.06. The number of carboxylic acid groups (broad SMARTS) is 1. The van der Waals surface area contributed by atoms with Crippen LogP contribution in [0.15, 0.2) is 0 Å². The number of aliphatic carboxylic acids is 1. The van der Waals surface area contributed by atoms with Gasteiger partial charge in [0.05, 0.1) is 23.9 Å². The SMILES string of the molecule is [2H]C([2H])(C(=O)[O-])[C@@H](O)C([2H])([2H])[N+](C)(C)C. The fourth-order valence-electron chi connectivity index (χ4n) is 0.511. The molecule has 11 heavy (non-hydrogen) atoms. The van der Waals surface area contributed by atoms with Gasteiger partial charge in [-0.2, -0.15) is 0 Å². The van der Waals surface area contributed by atoms with E-state index in [-0.39, 0.29) is 0 Å². The van der Waals surface area contributed by atoms with E-state index >= 15 is 0 Å². The van der Waals surface area contributed by atoms with Crippen molar-refractivity contribution >= 4 is 5.97 Å². The smallest absolute Gasteiger partial charge is 0.108 e. The van der Waals surface area contributed by atoms with E-state index in [1.165, 1.54) is 21.1 Å². The molecule has 0 fully saturated rings. The summed E-state index contributed by atoms with van der Waals surface area (Å²) in [5, 5.41) is 19.8. The van der Waals surface area contributed by atoms with Gasteiger partial charge in [-0.25, -0.2) is 0 Å². The van der Waals surface area contributed by atoms with Gasteiger partial charge >= 0.3 is 0 Å². The summed E-state index contributed by atoms with van der Waals surface area (Å²) >= 11 is 0. The van der Waals surface area contributed by atoms with E-state index < -0.39 is 29.4 Å². The van der Waals surface area contributed by atoms with E-state index in [4.69, 9.17) is 5.48 Å². The second-order valence-corrected chi connectivity index (χ2v) is 2.98. The van der Waals surface area contributed by atoms with Crippen LogP contribution in [0.25, 0.3) is 0 Å². The Kier molecular flexibility index (Phi) is 1.71. The van der Waals surface area contributed by atoms with E-state index in [2.05, 4.69) is 0 Å². The number of nitrogens with zero attached hydrogens (tertiary/aromatic N) is 1. The maximum atomic E-state index is 10.4. The lowest BCUT2D eigenvalue weighted by atomic mass is 10.2. The quantitative estimate of drug-likeness (QED) is 0.500. The minimum absolute atomic E-state index is 0.430. The van der Waals surface area contributed by atoms with Gasteiger partial charge in [0, 0.05) is 15.1 Å². The molecule has 1 atom stereocenters. The van der Waals surface area contributed by atoms with Crippen LogP contribution in [0.1, 0.15) is 11.9 Å². The molecular formula is C7H15NO3. The minimum atomic E-state index is -3.13. The lowest BCUT2D eigenvalue weighted by Crippen LogP contribution is -2.43. The van der Waals surface area contributed by atoms with Gasteiger partial charge in [0.1, 0.15) is 12.6 Å². The summed E-state index contributed by atoms with van der Waals surface area (Å²) in [7, 11) is 4.15. The average Bonchev–Trinajstić information content (AvgIpc) is 2.00. The summed E-state index contributed by atoms with van der Waals surface area (Å²) in [6, 6.07) is 0. The van der Waals surface area contributed by atoms with Crippen LogP contribution >= 0.6 is 0 Å². The van der Waals surface area contributed by atoms with Gasteiger partial charge < -0.3 is 19.5 Å². The highest BCUT2D eigenvalue weighted by atomic mass is 16.4. The number of aliphatic hydroxyl groups excluding tert-OH is 1. The summed E-state index contributed by atoms with van der Waals surface area (Å²) in [6.07, 6.45) is -5.44. The Hall–Kier alpha value is -0.610. The van der Waals surface area contributed by atoms with E-state index in [1.54, 1.807) is 0 Å². The minimum Gasteiger partial charge on any atom is -0.550 e. The van der Waals surface area contributed by atoms with Gasteiger partial charge in [-0.1, -0.05) is 0 Å². The molecule has 66 valence electrons. The van der Waals surface area contributed by atoms with E-state index in [1.807, 2.05) is 0 Å². The third-order valence-corrected chi connectivity index (χ3v) is 0.764. The molecule has 0 aliphatic carbocycles. The number of aliphatic hydroxyl groups is 1. The van der Waals surface area contributed by atoms with Gasteiger partial charge in [0.2, 0.25) is 0 Å². The Bertz CT molecular complexity index is 261. The van der Waals surface area contributed by atoms with Crippen LogP contribution in [0, 0.1) is 0 Å². The molecule has 4 heteroatoms. The van der Waals surface area contributed by atoms with Gasteiger partial charge in [-0.15, -0.1) is 0 Å². The highest BCUT2D eigenvalue weighted by Gasteiger charge is 2.14. The molecule has 4 nitrogen and oxygen atoms in total. The lowest BCUT2D eigenvalue weighted by molar-refractivity contribution is -0.873. The largest absolute Gasteiger partial charge is 0.550 e. The van der Waals surface area contributed by atoms with Crippen molar-refractivity contribution in [3.8, 4) is 0 Å². The molecule has 0 spiro atoms. The Labute approximate surface area is 72.3 Å². The second kappa shape index (κ2) is 3.69. The molecule has 1 N–H and O–H groups in total. The maximum absolute atomic E-state index is 10.4. The van der Waals surface area contributed by atoms with Crippen LogP contribution in [0.5, 0.6) is 0 Å². The third kappa shape index (κ3) is 7.29. The van der Waals surface area contributed by atoms with Gasteiger partial charge in [0.25, 0.3) is 0 Å². The predicted octanol–water partition coefficient (Wildman–Crippen LogP) is -1.81. The Morgan fingerprint density at radius 1 is 1.73 bits per heavy atom. The summed E-state index contributed by atoms with van der Waals surface area (Å²) in [5.41, 5.74) is 0. The van der Waals surface area contributed by atoms with Gasteiger partial charge in [0.15, 0.2) is 0 Å². The molecule has 0 radical (unpaired) electrons. The second-order valence-electron chi connectivity index (χ2n) is 2.98. The van der Waals surface area contributed by atoms with Crippen molar-refractivity contribution < 1.29 is 25.0 Å². The third-order valence-electron chi connectivity index (χ3n) is 0.764. The number of likely N-dealkylation sites (N-methyl/N-ethyl adjacent to an activating group) is 1. The molecule has 0 aromatic rings. The summed E-state index contributed by atoms with van der Waals surface area (Å²) < 4.78 is 28.6. The number of carbonyl (C=O) groups excluding carboxylic acids is 1. The summed E-state index contributed by atoms with van der Waals surface area (Å²) in [6.45, 7) is -2.44. The number of carboxylic acids is 1. The normalized spacial score (nSPS) is 22.5. The monoisotopic (exact) mass is 165 g/mol. The highest BCUT2D eigenvalue weighted by Crippen LogP contribution is 1.97. The molecule has 0 aromatic heterocycles. The fraction of sp³-hybridized carbons (Fsp3) is 0.857. The summed E-state index contributed by atoms with van der Waals surface area (Å²) in [4.78, 5) is 10.4. The van der Waals surface area contributed by atoms with Crippen LogP contribution in [-0.2, 0) is 4.79 Å². The van der Waals surface area contributed by atoms with Crippen LogP contribution in [0.3, 0.4) is 0 Å². The average molecular weight is 165 g/mol. The van der Waals surface area contributed by atoms with Gasteiger partial charge in [-0.05, 0) is 0 Å². The Morgan fingerprint density at radius 3 is 2.45 bits per heavy atom. The topological polar surface area (TPSA) is 60.4 Å². The van der Waals surface area contributed by atoms with Crippen molar-refractivity contribution in [1.82, 2.24) is 0 Å². The molecule has 0 bridgehead atoms. The fourth-order valence-corrected chi connectivity index (χ4v) is 0.511. The number of carbonyl (C=O) groups is 1. The van der Waals surface area contributed by atoms with Crippen molar-refractivity contribution in [2.24, 2.45) is 0 Å². The molecule has 0 aliphatic rings. The predicted molar refractivity (Wildman–Crippen MR) is 38.5 cm³/mol. The summed E-state index contributed by atoms with van der Waals surface area (Å²) in [5.74, 6) is -2.13. The molecular weight excluding hydrogens is 146 g/mol. The van der Waals surface area contributed by atoms with Crippen LogP contribution in [0.4, 0.5) is 0 Å². The van der Waals surface area contributed by atoms with E-state index in [0.29, 0.717) is 0 Å². The van der Waals surface area contributed by atoms with Gasteiger partial charge in [-0.3, -0.25) is 0 Å². The van der Waals surface area contributed by atoms with E-state index in [9.17, 15) is 15.0 Å². The number of hydrogen-bond acceptors (Lipinski definition) is 3. The molecule has 0 unspecified atom stereocenters. The molecule has 0 aromatic carbocycles. The first-order chi connectivity index (χ1) is 6.35. The van der Waals surface area contributed by atoms with Crippen molar-refractivity contribution in [2.45, 2.75) is 12.5 Å². The molecule has 0 saturated carbocycles. The molecule has 0 heterocycles. The first kappa shape index (κ1) is 5.11. The molecule has 0 saturated heterocycles. The molecule has 0 aliphatic heterocycles. The van der Waals surface area contributed by atoms with Crippen LogP contribution in [0.2, 0.25) is 0 Å². The molecule has 0 rings (SSSR count). The standard InChI is InChI=1S/C7H15NO3/c1-8(2,3)5-6(9)4-7(10)11/h6,9H,4-5H2,1-3H3/t6-/m1/s1/i4D2,5D2. The Balaban J connectivity index is 5.18. The van der Waals surface area contributed by atoms with Crippen LogP contribution in [-0.4, -0.2) is 49.3 Å². The Morgan fingerprint density at radius 2 is 2.18 bits per heavy atom. The zero-order chi connectivity index (χ0) is 12.7. The number of hydrogen-bond donors (Lipinski definition) is 1. The maximum Gasteiger partial charge on any atom is 0.108 e. The van der Waals surface area contributed by atoms with Crippen LogP contribution < -0.4 is 5.11 Å². The zero-order valence-electron chi connectivity index (χ0n) is 10.8. The number of rotatable bonds is 4. The number of quaternary nitrogens is 1.